The molecule has 0 bridgehead atoms. The van der Waals surface area contributed by atoms with Crippen LogP contribution in [0.25, 0.3) is 0 Å². The second kappa shape index (κ2) is 5.40. The first-order chi connectivity index (χ1) is 8.97. The Morgan fingerprint density at radius 2 is 2.00 bits per heavy atom. The van der Waals surface area contributed by atoms with Crippen LogP contribution in [0.5, 0.6) is 0 Å². The normalized spacial score (nSPS) is 13.4. The summed E-state index contributed by atoms with van der Waals surface area (Å²) in [6.07, 6.45) is 0.359. The van der Waals surface area contributed by atoms with Gasteiger partial charge in [-0.3, -0.25) is 9.59 Å². The van der Waals surface area contributed by atoms with E-state index in [-0.39, 0.29) is 11.8 Å². The largest absolute Gasteiger partial charge is 0.340 e. The molecule has 1 heterocycles. The van der Waals surface area contributed by atoms with E-state index >= 15 is 0 Å². The predicted molar refractivity (Wildman–Crippen MR) is 74.3 cm³/mol. The van der Waals surface area contributed by atoms with Gasteiger partial charge in [0.05, 0.1) is 6.42 Å². The number of nitrogens with zero attached hydrogens (tertiary/aromatic N) is 2. The van der Waals surface area contributed by atoms with Crippen LogP contribution in [0.4, 0.5) is 5.69 Å². The number of hydrogen-bond donors (Lipinski definition) is 1. The van der Waals surface area contributed by atoms with Gasteiger partial charge >= 0.3 is 0 Å². The van der Waals surface area contributed by atoms with Crippen LogP contribution in [-0.4, -0.2) is 55.8 Å². The second-order valence-corrected chi connectivity index (χ2v) is 5.13. The number of benzene rings is 1. The smallest absolute Gasteiger partial charge is 0.253 e. The fraction of sp³-hybridized carbons (Fsp3) is 0.429. The SMILES string of the molecule is CN(C)CCN(C)C(=O)c1ccc2c(c1)CC(=O)N2. The Balaban J connectivity index is 2.08. The van der Waals surface area contributed by atoms with Gasteiger partial charge in [0.2, 0.25) is 5.91 Å². The minimum atomic E-state index is -0.0134. The van der Waals surface area contributed by atoms with Crippen LogP contribution in [0, 0.1) is 0 Å². The Hall–Kier alpha value is -1.88. The highest BCUT2D eigenvalue weighted by Crippen LogP contribution is 2.24. The van der Waals surface area contributed by atoms with Crippen molar-refractivity contribution in [2.75, 3.05) is 39.5 Å². The molecular formula is C14H19N3O2. The maximum absolute atomic E-state index is 12.2. The first-order valence-electron chi connectivity index (χ1n) is 6.30. The van der Waals surface area contributed by atoms with Gasteiger partial charge in [-0.1, -0.05) is 0 Å². The zero-order valence-corrected chi connectivity index (χ0v) is 11.6. The molecule has 0 aromatic heterocycles. The maximum atomic E-state index is 12.2. The first-order valence-corrected chi connectivity index (χ1v) is 6.30. The summed E-state index contributed by atoms with van der Waals surface area (Å²) in [5.41, 5.74) is 2.35. The second-order valence-electron chi connectivity index (χ2n) is 5.13. The zero-order chi connectivity index (χ0) is 14.0. The summed E-state index contributed by atoms with van der Waals surface area (Å²) >= 11 is 0. The monoisotopic (exact) mass is 261 g/mol. The number of nitrogens with one attached hydrogen (secondary N) is 1. The van der Waals surface area contributed by atoms with Gasteiger partial charge in [-0.05, 0) is 37.9 Å². The molecule has 0 saturated heterocycles. The van der Waals surface area contributed by atoms with Crippen molar-refractivity contribution in [3.05, 3.63) is 29.3 Å². The fourth-order valence-electron chi connectivity index (χ4n) is 2.03. The molecule has 0 aliphatic carbocycles. The minimum Gasteiger partial charge on any atom is -0.340 e. The summed E-state index contributed by atoms with van der Waals surface area (Å²) in [5, 5.41) is 2.76. The van der Waals surface area contributed by atoms with Crippen molar-refractivity contribution >= 4 is 17.5 Å². The predicted octanol–water partition coefficient (Wildman–Crippen LogP) is 0.815. The van der Waals surface area contributed by atoms with E-state index in [1.165, 1.54) is 0 Å². The van der Waals surface area contributed by atoms with Crippen LogP contribution in [0.15, 0.2) is 18.2 Å². The van der Waals surface area contributed by atoms with Gasteiger partial charge in [0.25, 0.3) is 5.91 Å². The van der Waals surface area contributed by atoms with Gasteiger partial charge in [-0.2, -0.15) is 0 Å². The molecule has 1 aliphatic heterocycles. The van der Waals surface area contributed by atoms with Crippen LogP contribution in [-0.2, 0) is 11.2 Å². The quantitative estimate of drug-likeness (QED) is 0.873. The third-order valence-electron chi connectivity index (χ3n) is 3.21. The highest BCUT2D eigenvalue weighted by Gasteiger charge is 2.20. The third-order valence-corrected chi connectivity index (χ3v) is 3.21. The fourth-order valence-corrected chi connectivity index (χ4v) is 2.03. The lowest BCUT2D eigenvalue weighted by Gasteiger charge is -2.20. The van der Waals surface area contributed by atoms with E-state index in [1.807, 2.05) is 25.1 Å². The van der Waals surface area contributed by atoms with Crippen LogP contribution >= 0.6 is 0 Å². The third kappa shape index (κ3) is 3.12. The van der Waals surface area contributed by atoms with Crippen molar-refractivity contribution < 1.29 is 9.59 Å². The van der Waals surface area contributed by atoms with Crippen molar-refractivity contribution in [2.24, 2.45) is 0 Å². The van der Waals surface area contributed by atoms with Gasteiger partial charge in [0.15, 0.2) is 0 Å². The maximum Gasteiger partial charge on any atom is 0.253 e. The Labute approximate surface area is 113 Å². The lowest BCUT2D eigenvalue weighted by Crippen LogP contribution is -2.33. The zero-order valence-electron chi connectivity index (χ0n) is 11.6. The molecule has 1 aromatic rings. The van der Waals surface area contributed by atoms with Crippen molar-refractivity contribution in [1.82, 2.24) is 9.80 Å². The van der Waals surface area contributed by atoms with Crippen molar-refractivity contribution in [2.45, 2.75) is 6.42 Å². The topological polar surface area (TPSA) is 52.7 Å². The Morgan fingerprint density at radius 1 is 1.26 bits per heavy atom. The van der Waals surface area contributed by atoms with E-state index in [9.17, 15) is 9.59 Å². The van der Waals surface area contributed by atoms with Crippen LogP contribution < -0.4 is 5.32 Å². The van der Waals surface area contributed by atoms with Crippen molar-refractivity contribution in [3.63, 3.8) is 0 Å². The summed E-state index contributed by atoms with van der Waals surface area (Å²) in [6, 6.07) is 5.37. The standard InChI is InChI=1S/C14H19N3O2/c1-16(2)6-7-17(3)14(19)10-4-5-12-11(8-10)9-13(18)15-12/h4-5,8H,6-7,9H2,1-3H3,(H,15,18). The van der Waals surface area contributed by atoms with Crippen molar-refractivity contribution in [1.29, 1.82) is 0 Å². The van der Waals surface area contributed by atoms with Crippen LogP contribution in [0.1, 0.15) is 15.9 Å². The van der Waals surface area contributed by atoms with Gasteiger partial charge in [0, 0.05) is 31.4 Å². The highest BCUT2D eigenvalue weighted by atomic mass is 16.2. The summed E-state index contributed by atoms with van der Waals surface area (Å²) in [4.78, 5) is 27.3. The van der Waals surface area contributed by atoms with Crippen molar-refractivity contribution in [3.8, 4) is 0 Å². The molecule has 102 valence electrons. The Kier molecular flexibility index (Phi) is 3.85. The Bertz CT molecular complexity index is 511. The van der Waals surface area contributed by atoms with E-state index < -0.39 is 0 Å². The molecule has 1 aromatic carbocycles. The number of anilines is 1. The Morgan fingerprint density at radius 3 is 2.68 bits per heavy atom. The van der Waals surface area contributed by atoms with Gasteiger partial charge in [0.1, 0.15) is 0 Å². The molecule has 0 spiro atoms. The molecule has 0 unspecified atom stereocenters. The molecule has 19 heavy (non-hydrogen) atoms. The molecule has 0 radical (unpaired) electrons. The van der Waals surface area contributed by atoms with Gasteiger partial charge in [-0.15, -0.1) is 0 Å². The van der Waals surface area contributed by atoms with E-state index in [4.69, 9.17) is 0 Å². The number of amides is 2. The first kappa shape index (κ1) is 13.5. The number of fused-ring (bicyclic) bond motifs is 1. The average molecular weight is 261 g/mol. The number of likely N-dealkylation sites (N-methyl/N-ethyl adjacent to an activating group) is 2. The molecule has 0 atom stereocenters. The molecule has 1 N–H and O–H groups in total. The highest BCUT2D eigenvalue weighted by molar-refractivity contribution is 6.01. The van der Waals surface area contributed by atoms with Crippen LogP contribution in [0.2, 0.25) is 0 Å². The summed E-state index contributed by atoms with van der Waals surface area (Å²) in [5.74, 6) is -0.0236. The van der Waals surface area contributed by atoms with Gasteiger partial charge in [-0.25, -0.2) is 0 Å². The van der Waals surface area contributed by atoms with E-state index in [0.29, 0.717) is 18.5 Å². The minimum absolute atomic E-state index is 0.0102. The number of carbonyl (C=O) groups is 2. The number of rotatable bonds is 4. The lowest BCUT2D eigenvalue weighted by atomic mass is 10.1. The lowest BCUT2D eigenvalue weighted by molar-refractivity contribution is -0.115. The molecule has 0 saturated carbocycles. The van der Waals surface area contributed by atoms with E-state index in [2.05, 4.69) is 5.32 Å². The molecule has 2 rings (SSSR count). The molecule has 0 fully saturated rings. The number of carbonyl (C=O) groups excluding carboxylic acids is 2. The summed E-state index contributed by atoms with van der Waals surface area (Å²) < 4.78 is 0. The summed E-state index contributed by atoms with van der Waals surface area (Å²) in [7, 11) is 5.75. The molecule has 2 amide bonds. The average Bonchev–Trinajstić information content (AvgIpc) is 2.73. The van der Waals surface area contributed by atoms with Gasteiger partial charge < -0.3 is 15.1 Å². The number of hydrogen-bond acceptors (Lipinski definition) is 3. The molecule has 5 heteroatoms. The van der Waals surface area contributed by atoms with E-state index in [1.54, 1.807) is 24.1 Å². The molecular weight excluding hydrogens is 242 g/mol. The van der Waals surface area contributed by atoms with E-state index in [0.717, 1.165) is 17.8 Å². The molecule has 5 nitrogen and oxygen atoms in total. The van der Waals surface area contributed by atoms with Crippen LogP contribution in [0.3, 0.4) is 0 Å². The molecule has 1 aliphatic rings. The summed E-state index contributed by atoms with van der Waals surface area (Å²) in [6.45, 7) is 1.51.